The Labute approximate surface area is 101 Å². The van der Waals surface area contributed by atoms with Crippen LogP contribution in [0.2, 0.25) is 4.34 Å². The van der Waals surface area contributed by atoms with E-state index in [1.54, 1.807) is 16.6 Å². The number of aromatic nitrogens is 4. The molecule has 0 radical (unpaired) electrons. The van der Waals surface area contributed by atoms with Gasteiger partial charge in [0.15, 0.2) is 10.2 Å². The molecule has 2 rings (SSSR count). The first-order chi connectivity index (χ1) is 7.15. The lowest BCUT2D eigenvalue weighted by atomic mass is 10.2. The van der Waals surface area contributed by atoms with Gasteiger partial charge in [-0.1, -0.05) is 36.8 Å². The van der Waals surface area contributed by atoms with Crippen LogP contribution in [0.4, 0.5) is 0 Å². The number of hydrogen-bond acceptors (Lipinski definition) is 5. The van der Waals surface area contributed by atoms with Gasteiger partial charge in [-0.3, -0.25) is 0 Å². The van der Waals surface area contributed by atoms with Gasteiger partial charge < -0.3 is 0 Å². The molecule has 2 aromatic rings. The lowest BCUT2D eigenvalue weighted by Crippen LogP contribution is -1.92. The Bertz CT molecular complexity index is 451. The topological polar surface area (TPSA) is 43.6 Å². The van der Waals surface area contributed by atoms with Crippen LogP contribution in [0.5, 0.6) is 0 Å². The summed E-state index contributed by atoms with van der Waals surface area (Å²) in [6, 6.07) is 0. The van der Waals surface area contributed by atoms with E-state index < -0.39 is 0 Å². The van der Waals surface area contributed by atoms with Gasteiger partial charge >= 0.3 is 0 Å². The third-order valence-electron chi connectivity index (χ3n) is 1.63. The van der Waals surface area contributed by atoms with Crippen molar-refractivity contribution in [1.29, 1.82) is 0 Å². The Morgan fingerprint density at radius 2 is 2.27 bits per heavy atom. The van der Waals surface area contributed by atoms with Gasteiger partial charge in [-0.25, -0.2) is 9.97 Å². The van der Waals surface area contributed by atoms with Crippen LogP contribution in [-0.4, -0.2) is 19.2 Å². The third kappa shape index (κ3) is 2.70. The van der Waals surface area contributed by atoms with E-state index in [4.69, 9.17) is 11.6 Å². The SMILES string of the molecule is CC(C)c1ncn(Sc2ncc(Cl)s2)n1. The van der Waals surface area contributed by atoms with E-state index in [1.807, 2.05) is 0 Å². The average molecular weight is 261 g/mol. The van der Waals surface area contributed by atoms with Gasteiger partial charge in [0.05, 0.1) is 6.20 Å². The van der Waals surface area contributed by atoms with Crippen LogP contribution in [0, 0.1) is 0 Å². The van der Waals surface area contributed by atoms with Crippen molar-refractivity contribution in [2.24, 2.45) is 0 Å². The molecule has 0 N–H and O–H groups in total. The highest BCUT2D eigenvalue weighted by atomic mass is 35.5. The van der Waals surface area contributed by atoms with Crippen LogP contribution in [0.1, 0.15) is 25.6 Å². The van der Waals surface area contributed by atoms with Gasteiger partial charge in [-0.15, -0.1) is 5.10 Å². The summed E-state index contributed by atoms with van der Waals surface area (Å²) in [6.45, 7) is 4.12. The lowest BCUT2D eigenvalue weighted by molar-refractivity contribution is 0.774. The molecule has 0 bridgehead atoms. The molecule has 15 heavy (non-hydrogen) atoms. The summed E-state index contributed by atoms with van der Waals surface area (Å²) in [5.41, 5.74) is 0. The molecule has 4 nitrogen and oxygen atoms in total. The Hall–Kier alpha value is -0.590. The first kappa shape index (κ1) is 10.9. The van der Waals surface area contributed by atoms with Crippen LogP contribution in [-0.2, 0) is 0 Å². The van der Waals surface area contributed by atoms with Gasteiger partial charge in [-0.05, 0) is 0 Å². The molecule has 0 aromatic carbocycles. The average Bonchev–Trinajstić information content (AvgIpc) is 2.76. The van der Waals surface area contributed by atoms with E-state index in [-0.39, 0.29) is 0 Å². The zero-order chi connectivity index (χ0) is 10.8. The maximum absolute atomic E-state index is 5.78. The summed E-state index contributed by atoms with van der Waals surface area (Å²) in [7, 11) is 0. The molecule has 0 atom stereocenters. The van der Waals surface area contributed by atoms with E-state index in [1.165, 1.54) is 23.3 Å². The zero-order valence-electron chi connectivity index (χ0n) is 8.22. The quantitative estimate of drug-likeness (QED) is 0.851. The highest BCUT2D eigenvalue weighted by Gasteiger charge is 2.07. The van der Waals surface area contributed by atoms with Crippen molar-refractivity contribution in [2.75, 3.05) is 0 Å². The summed E-state index contributed by atoms with van der Waals surface area (Å²) in [6.07, 6.45) is 3.32. The second-order valence-electron chi connectivity index (χ2n) is 3.18. The molecule has 0 unspecified atom stereocenters. The number of nitrogens with zero attached hydrogens (tertiary/aromatic N) is 4. The Morgan fingerprint density at radius 1 is 1.47 bits per heavy atom. The van der Waals surface area contributed by atoms with E-state index in [0.717, 1.165) is 10.2 Å². The van der Waals surface area contributed by atoms with Crippen molar-refractivity contribution in [2.45, 2.75) is 24.1 Å². The van der Waals surface area contributed by atoms with Gasteiger partial charge in [0, 0.05) is 17.9 Å². The predicted molar refractivity (Wildman–Crippen MR) is 62.5 cm³/mol. The largest absolute Gasteiger partial charge is 0.235 e. The smallest absolute Gasteiger partial charge is 0.173 e. The molecule has 0 spiro atoms. The molecule has 0 aliphatic carbocycles. The second kappa shape index (κ2) is 4.51. The van der Waals surface area contributed by atoms with Crippen molar-refractivity contribution in [3.8, 4) is 0 Å². The van der Waals surface area contributed by atoms with Crippen molar-refractivity contribution < 1.29 is 0 Å². The Morgan fingerprint density at radius 3 is 2.80 bits per heavy atom. The molecule has 2 heterocycles. The van der Waals surface area contributed by atoms with Crippen LogP contribution in [0.15, 0.2) is 16.9 Å². The second-order valence-corrected chi connectivity index (χ2v) is 6.05. The monoisotopic (exact) mass is 260 g/mol. The van der Waals surface area contributed by atoms with Crippen molar-refractivity contribution in [3.05, 3.63) is 22.7 Å². The summed E-state index contributed by atoms with van der Waals surface area (Å²) in [5.74, 6) is 1.18. The summed E-state index contributed by atoms with van der Waals surface area (Å²) < 4.78 is 3.24. The van der Waals surface area contributed by atoms with Gasteiger partial charge in [-0.2, -0.15) is 4.09 Å². The predicted octanol–water partition coefficient (Wildman–Crippen LogP) is 3.07. The molecule has 0 saturated heterocycles. The Kier molecular flexibility index (Phi) is 3.28. The van der Waals surface area contributed by atoms with E-state index in [0.29, 0.717) is 10.3 Å². The first-order valence-electron chi connectivity index (χ1n) is 4.36. The first-order valence-corrected chi connectivity index (χ1v) is 6.33. The molecular formula is C8H9ClN4S2. The minimum absolute atomic E-state index is 0.340. The number of thiazole rings is 1. The fourth-order valence-electron chi connectivity index (χ4n) is 0.931. The fourth-order valence-corrected chi connectivity index (χ4v) is 2.84. The molecule has 0 amide bonds. The van der Waals surface area contributed by atoms with E-state index in [9.17, 15) is 0 Å². The fraction of sp³-hybridized carbons (Fsp3) is 0.375. The summed E-state index contributed by atoms with van der Waals surface area (Å²) >= 11 is 8.62. The molecule has 0 aliphatic rings. The zero-order valence-corrected chi connectivity index (χ0v) is 10.6. The molecule has 0 aliphatic heterocycles. The van der Waals surface area contributed by atoms with E-state index in [2.05, 4.69) is 28.9 Å². The van der Waals surface area contributed by atoms with Gasteiger partial charge in [0.1, 0.15) is 10.7 Å². The van der Waals surface area contributed by atoms with Crippen molar-refractivity contribution >= 4 is 34.9 Å². The van der Waals surface area contributed by atoms with E-state index >= 15 is 0 Å². The molecule has 0 fully saturated rings. The molecule has 0 saturated carbocycles. The molecule has 80 valence electrons. The minimum Gasteiger partial charge on any atom is -0.235 e. The summed E-state index contributed by atoms with van der Waals surface area (Å²) in [5, 5.41) is 4.31. The van der Waals surface area contributed by atoms with Crippen molar-refractivity contribution in [3.63, 3.8) is 0 Å². The van der Waals surface area contributed by atoms with Crippen LogP contribution in [0.3, 0.4) is 0 Å². The highest BCUT2D eigenvalue weighted by molar-refractivity contribution is 7.99. The lowest BCUT2D eigenvalue weighted by Gasteiger charge is -1.96. The number of rotatable bonds is 3. The third-order valence-corrected chi connectivity index (χ3v) is 3.64. The maximum atomic E-state index is 5.78. The highest BCUT2D eigenvalue weighted by Crippen LogP contribution is 2.27. The van der Waals surface area contributed by atoms with Gasteiger partial charge in [0.25, 0.3) is 0 Å². The maximum Gasteiger partial charge on any atom is 0.173 e. The van der Waals surface area contributed by atoms with Gasteiger partial charge in [0.2, 0.25) is 0 Å². The molecule has 7 heteroatoms. The van der Waals surface area contributed by atoms with Crippen LogP contribution >= 0.6 is 34.9 Å². The van der Waals surface area contributed by atoms with Crippen LogP contribution in [0.25, 0.3) is 0 Å². The standard InChI is InChI=1S/C8H9ClN4S2/c1-5(2)7-11-4-13(12-7)15-8-10-3-6(9)14-8/h3-5H,1-2H3. The minimum atomic E-state index is 0.340. The Balaban J connectivity index is 2.11. The van der Waals surface area contributed by atoms with Crippen LogP contribution < -0.4 is 0 Å². The summed E-state index contributed by atoms with van der Waals surface area (Å²) in [4.78, 5) is 8.32. The van der Waals surface area contributed by atoms with Crippen molar-refractivity contribution in [1.82, 2.24) is 19.2 Å². The molecular weight excluding hydrogens is 252 g/mol. The number of hydrogen-bond donors (Lipinski definition) is 0. The number of halogens is 1. The normalized spacial score (nSPS) is 11.2. The molecule has 2 aromatic heterocycles.